The lowest BCUT2D eigenvalue weighted by Gasteiger charge is -2.12. The van der Waals surface area contributed by atoms with Crippen molar-refractivity contribution in [3.8, 4) is 11.8 Å². The summed E-state index contributed by atoms with van der Waals surface area (Å²) in [7, 11) is 0. The second-order valence-corrected chi connectivity index (χ2v) is 7.70. The fourth-order valence-electron chi connectivity index (χ4n) is 3.22. The van der Waals surface area contributed by atoms with E-state index in [-0.39, 0.29) is 31.1 Å². The van der Waals surface area contributed by atoms with E-state index >= 15 is 0 Å². The SMILES string of the molecule is Cc1ccc(C(=O)CCC(=O)Nc2ccccc2COc2ccc(CC#N)cc2)cc1C. The van der Waals surface area contributed by atoms with Crippen molar-refractivity contribution in [2.24, 2.45) is 0 Å². The molecule has 0 radical (unpaired) electrons. The number of rotatable bonds is 9. The Hall–Kier alpha value is -3.91. The van der Waals surface area contributed by atoms with Crippen LogP contribution in [0.15, 0.2) is 66.7 Å². The van der Waals surface area contributed by atoms with Crippen LogP contribution in [0, 0.1) is 25.2 Å². The number of ketones is 1. The number of Topliss-reactive ketones (excluding diaryl/α,β-unsaturated/α-hetero) is 1. The highest BCUT2D eigenvalue weighted by molar-refractivity contribution is 6.00. The maximum atomic E-state index is 12.5. The number of carbonyl (C=O) groups is 2. The zero-order valence-corrected chi connectivity index (χ0v) is 18.4. The molecule has 0 spiro atoms. The minimum absolute atomic E-state index is 0.0419. The van der Waals surface area contributed by atoms with Crippen LogP contribution in [0.25, 0.3) is 0 Å². The van der Waals surface area contributed by atoms with Gasteiger partial charge in [-0.25, -0.2) is 0 Å². The summed E-state index contributed by atoms with van der Waals surface area (Å²) < 4.78 is 5.84. The van der Waals surface area contributed by atoms with Gasteiger partial charge in [0.1, 0.15) is 12.4 Å². The van der Waals surface area contributed by atoms with Gasteiger partial charge in [0.25, 0.3) is 0 Å². The first-order valence-electron chi connectivity index (χ1n) is 10.5. The maximum absolute atomic E-state index is 12.5. The summed E-state index contributed by atoms with van der Waals surface area (Å²) in [5.74, 6) is 0.432. The third-order valence-electron chi connectivity index (χ3n) is 5.30. The molecule has 0 aliphatic rings. The number of ether oxygens (including phenoxy) is 1. The van der Waals surface area contributed by atoms with Crippen molar-refractivity contribution in [3.05, 3.63) is 94.5 Å². The average molecular weight is 427 g/mol. The Kier molecular flexibility index (Phi) is 7.77. The van der Waals surface area contributed by atoms with E-state index in [1.807, 2.05) is 80.6 Å². The smallest absolute Gasteiger partial charge is 0.224 e. The number of hydrogen-bond donors (Lipinski definition) is 1. The Morgan fingerprint density at radius 2 is 1.69 bits per heavy atom. The molecule has 1 N–H and O–H groups in total. The fraction of sp³-hybridized carbons (Fsp3) is 0.222. The second-order valence-electron chi connectivity index (χ2n) is 7.70. The number of carbonyl (C=O) groups excluding carboxylic acids is 2. The quantitative estimate of drug-likeness (QED) is 0.455. The number of nitrogens with zero attached hydrogens (tertiary/aromatic N) is 1. The number of nitriles is 1. The van der Waals surface area contributed by atoms with Gasteiger partial charge in [-0.2, -0.15) is 5.26 Å². The standard InChI is InChI=1S/C27H26N2O3/c1-19-7-10-22(17-20(19)2)26(30)13-14-27(31)29-25-6-4-3-5-23(25)18-32-24-11-8-21(9-12-24)15-16-28/h3-12,17H,13-15,18H2,1-2H3,(H,29,31). The first kappa shape index (κ1) is 22.8. The van der Waals surface area contributed by atoms with Gasteiger partial charge in [0.05, 0.1) is 12.5 Å². The Balaban J connectivity index is 1.55. The first-order chi connectivity index (χ1) is 15.5. The molecule has 0 heterocycles. The molecule has 0 bridgehead atoms. The molecule has 3 aromatic carbocycles. The molecule has 3 rings (SSSR count). The van der Waals surface area contributed by atoms with Gasteiger partial charge in [-0.3, -0.25) is 9.59 Å². The number of aryl methyl sites for hydroxylation is 2. The second kappa shape index (κ2) is 10.9. The van der Waals surface area contributed by atoms with Gasteiger partial charge in [-0.1, -0.05) is 42.5 Å². The molecule has 0 aliphatic carbocycles. The van der Waals surface area contributed by atoms with Gasteiger partial charge in [0, 0.05) is 29.7 Å². The zero-order chi connectivity index (χ0) is 22.9. The summed E-state index contributed by atoms with van der Waals surface area (Å²) in [4.78, 5) is 24.9. The molecule has 0 aromatic heterocycles. The molecule has 32 heavy (non-hydrogen) atoms. The molecule has 0 aliphatic heterocycles. The summed E-state index contributed by atoms with van der Waals surface area (Å²) in [6.07, 6.45) is 0.629. The third kappa shape index (κ3) is 6.29. The monoisotopic (exact) mass is 426 g/mol. The predicted molar refractivity (Wildman–Crippen MR) is 125 cm³/mol. The van der Waals surface area contributed by atoms with E-state index in [2.05, 4.69) is 11.4 Å². The normalized spacial score (nSPS) is 10.3. The topological polar surface area (TPSA) is 79.2 Å². The minimum Gasteiger partial charge on any atom is -0.489 e. The summed E-state index contributed by atoms with van der Waals surface area (Å²) in [5, 5.41) is 11.6. The molecule has 1 amide bonds. The van der Waals surface area contributed by atoms with Crippen molar-refractivity contribution in [2.75, 3.05) is 5.32 Å². The van der Waals surface area contributed by atoms with E-state index in [0.29, 0.717) is 23.4 Å². The lowest BCUT2D eigenvalue weighted by Crippen LogP contribution is -2.15. The van der Waals surface area contributed by atoms with Crippen LogP contribution in [0.4, 0.5) is 5.69 Å². The molecule has 0 saturated heterocycles. The minimum atomic E-state index is -0.213. The predicted octanol–water partition coefficient (Wildman–Crippen LogP) is 5.55. The molecular formula is C27H26N2O3. The van der Waals surface area contributed by atoms with E-state index in [9.17, 15) is 9.59 Å². The number of nitrogens with one attached hydrogen (secondary N) is 1. The van der Waals surface area contributed by atoms with Crippen molar-refractivity contribution in [3.63, 3.8) is 0 Å². The van der Waals surface area contributed by atoms with Crippen molar-refractivity contribution in [1.82, 2.24) is 0 Å². The lowest BCUT2D eigenvalue weighted by atomic mass is 10.0. The van der Waals surface area contributed by atoms with Crippen LogP contribution in [0.1, 0.15) is 45.5 Å². The highest BCUT2D eigenvalue weighted by atomic mass is 16.5. The van der Waals surface area contributed by atoms with Crippen molar-refractivity contribution >= 4 is 17.4 Å². The number of benzene rings is 3. The Bertz CT molecular complexity index is 1140. The Morgan fingerprint density at radius 1 is 0.938 bits per heavy atom. The summed E-state index contributed by atoms with van der Waals surface area (Å²) in [6, 6.07) is 22.5. The van der Waals surface area contributed by atoms with Crippen molar-refractivity contribution < 1.29 is 14.3 Å². The molecule has 0 saturated carbocycles. The molecule has 162 valence electrons. The van der Waals surface area contributed by atoms with Crippen LogP contribution < -0.4 is 10.1 Å². The van der Waals surface area contributed by atoms with Gasteiger partial charge in [-0.05, 0) is 54.8 Å². The van der Waals surface area contributed by atoms with E-state index in [0.717, 1.165) is 22.3 Å². The van der Waals surface area contributed by atoms with Crippen molar-refractivity contribution in [1.29, 1.82) is 5.26 Å². The average Bonchev–Trinajstić information content (AvgIpc) is 2.80. The molecule has 5 heteroatoms. The number of anilines is 1. The van der Waals surface area contributed by atoms with Crippen LogP contribution in [0.2, 0.25) is 0 Å². The van der Waals surface area contributed by atoms with Gasteiger partial charge in [-0.15, -0.1) is 0 Å². The first-order valence-corrected chi connectivity index (χ1v) is 10.5. The highest BCUT2D eigenvalue weighted by Gasteiger charge is 2.12. The summed E-state index contributed by atoms with van der Waals surface area (Å²) in [6.45, 7) is 4.26. The number of para-hydroxylation sites is 1. The van der Waals surface area contributed by atoms with Crippen LogP contribution in [-0.2, 0) is 17.8 Å². The lowest BCUT2D eigenvalue weighted by molar-refractivity contribution is -0.116. The van der Waals surface area contributed by atoms with E-state index in [4.69, 9.17) is 10.00 Å². The van der Waals surface area contributed by atoms with E-state index in [1.165, 1.54) is 0 Å². The maximum Gasteiger partial charge on any atom is 0.224 e. The summed E-state index contributed by atoms with van der Waals surface area (Å²) in [5.41, 5.74) is 5.27. The van der Waals surface area contributed by atoms with Crippen LogP contribution in [0.5, 0.6) is 5.75 Å². The van der Waals surface area contributed by atoms with E-state index in [1.54, 1.807) is 0 Å². The Labute approximate surface area is 188 Å². The molecule has 3 aromatic rings. The fourth-order valence-corrected chi connectivity index (χ4v) is 3.22. The molecule has 0 fully saturated rings. The highest BCUT2D eigenvalue weighted by Crippen LogP contribution is 2.20. The zero-order valence-electron chi connectivity index (χ0n) is 18.4. The van der Waals surface area contributed by atoms with Gasteiger partial charge < -0.3 is 10.1 Å². The number of hydrogen-bond acceptors (Lipinski definition) is 4. The largest absolute Gasteiger partial charge is 0.489 e. The van der Waals surface area contributed by atoms with Crippen LogP contribution >= 0.6 is 0 Å². The van der Waals surface area contributed by atoms with Crippen LogP contribution in [-0.4, -0.2) is 11.7 Å². The molecular weight excluding hydrogens is 400 g/mol. The van der Waals surface area contributed by atoms with Gasteiger partial charge in [0.15, 0.2) is 5.78 Å². The molecule has 0 atom stereocenters. The van der Waals surface area contributed by atoms with Crippen molar-refractivity contribution in [2.45, 2.75) is 39.7 Å². The van der Waals surface area contributed by atoms with Gasteiger partial charge in [0.2, 0.25) is 5.91 Å². The third-order valence-corrected chi connectivity index (χ3v) is 5.30. The van der Waals surface area contributed by atoms with Gasteiger partial charge >= 0.3 is 0 Å². The van der Waals surface area contributed by atoms with Crippen LogP contribution in [0.3, 0.4) is 0 Å². The summed E-state index contributed by atoms with van der Waals surface area (Å²) >= 11 is 0. The Morgan fingerprint density at radius 3 is 2.41 bits per heavy atom. The molecule has 0 unspecified atom stereocenters. The molecule has 5 nitrogen and oxygen atoms in total. The number of amides is 1. The van der Waals surface area contributed by atoms with E-state index < -0.39 is 0 Å².